The second-order valence-electron chi connectivity index (χ2n) is 5.67. The number of halogens is 2. The summed E-state index contributed by atoms with van der Waals surface area (Å²) in [6.07, 6.45) is 4.29. The molecular formula is C19H11F2N3O3. The third kappa shape index (κ3) is 3.08. The Morgan fingerprint density at radius 3 is 2.59 bits per heavy atom. The van der Waals surface area contributed by atoms with Crippen LogP contribution in [0.15, 0.2) is 59.5 Å². The number of hydrogen-bond donors (Lipinski definition) is 2. The van der Waals surface area contributed by atoms with E-state index in [1.165, 1.54) is 42.9 Å². The quantitative estimate of drug-likeness (QED) is 0.548. The van der Waals surface area contributed by atoms with Gasteiger partial charge in [0.25, 0.3) is 0 Å². The van der Waals surface area contributed by atoms with Crippen molar-refractivity contribution in [2.75, 3.05) is 5.32 Å². The molecule has 8 heteroatoms. The molecule has 0 radical (unpaired) electrons. The number of aromatic nitrogens is 2. The van der Waals surface area contributed by atoms with Crippen molar-refractivity contribution in [3.8, 4) is 11.5 Å². The van der Waals surface area contributed by atoms with Gasteiger partial charge in [-0.2, -0.15) is 0 Å². The number of nitrogens with zero attached hydrogens (tertiary/aromatic N) is 2. The molecule has 4 rings (SSSR count). The topological polar surface area (TPSA) is 88.2 Å². The molecule has 0 aliphatic heterocycles. The Bertz CT molecular complexity index is 1160. The number of nitrogens with one attached hydrogen (secondary N) is 1. The first-order chi connectivity index (χ1) is 13.0. The van der Waals surface area contributed by atoms with Crippen molar-refractivity contribution in [3.63, 3.8) is 0 Å². The monoisotopic (exact) mass is 367 g/mol. The van der Waals surface area contributed by atoms with Crippen molar-refractivity contribution in [2.45, 2.75) is 0 Å². The van der Waals surface area contributed by atoms with Crippen molar-refractivity contribution < 1.29 is 23.1 Å². The fourth-order valence-corrected chi connectivity index (χ4v) is 2.76. The van der Waals surface area contributed by atoms with E-state index in [0.29, 0.717) is 22.2 Å². The predicted molar refractivity (Wildman–Crippen MR) is 93.8 cm³/mol. The van der Waals surface area contributed by atoms with Gasteiger partial charge in [0.1, 0.15) is 17.9 Å². The molecule has 0 amide bonds. The average molecular weight is 367 g/mol. The number of hydrogen-bond acceptors (Lipinski definition) is 5. The minimum atomic E-state index is -1.31. The highest BCUT2D eigenvalue weighted by Gasteiger charge is 2.18. The Hall–Kier alpha value is -3.81. The summed E-state index contributed by atoms with van der Waals surface area (Å²) in [6, 6.07) is 7.36. The maximum Gasteiger partial charge on any atom is 0.337 e. The van der Waals surface area contributed by atoms with Crippen LogP contribution in [-0.4, -0.2) is 21.0 Å². The van der Waals surface area contributed by atoms with Crippen molar-refractivity contribution >= 4 is 28.2 Å². The van der Waals surface area contributed by atoms with Gasteiger partial charge >= 0.3 is 5.97 Å². The summed E-state index contributed by atoms with van der Waals surface area (Å²) < 4.78 is 32.6. The third-order valence-corrected chi connectivity index (χ3v) is 3.96. The van der Waals surface area contributed by atoms with Gasteiger partial charge in [0.2, 0.25) is 5.89 Å². The SMILES string of the molecule is O=C(O)c1cc(F)ccc1Nc1c(-c2ncco2)cnc2ccc(F)cc12. The molecule has 4 aromatic rings. The fraction of sp³-hybridized carbons (Fsp3) is 0. The molecule has 2 aromatic heterocycles. The Morgan fingerprint density at radius 2 is 1.85 bits per heavy atom. The number of anilines is 2. The van der Waals surface area contributed by atoms with Crippen molar-refractivity contribution in [3.05, 3.63) is 72.3 Å². The standard InChI is InChI=1S/C19H11F2N3O3/c20-10-1-3-15-12(7-10)17(14(9-23-15)18-22-5-6-27-18)24-16-4-2-11(21)8-13(16)19(25)26/h1-9H,(H,23,24)(H,25,26). The first-order valence-electron chi connectivity index (χ1n) is 7.81. The summed E-state index contributed by atoms with van der Waals surface area (Å²) in [5.41, 5.74) is 1.09. The Morgan fingerprint density at radius 1 is 1.07 bits per heavy atom. The number of oxazole rings is 1. The fourth-order valence-electron chi connectivity index (χ4n) is 2.76. The summed E-state index contributed by atoms with van der Waals surface area (Å²) in [7, 11) is 0. The molecule has 0 spiro atoms. The molecule has 0 bridgehead atoms. The molecular weight excluding hydrogens is 356 g/mol. The number of carboxylic acid groups (broad SMARTS) is 1. The summed E-state index contributed by atoms with van der Waals surface area (Å²) in [5, 5.41) is 12.7. The summed E-state index contributed by atoms with van der Waals surface area (Å²) in [6.45, 7) is 0. The highest BCUT2D eigenvalue weighted by molar-refractivity contribution is 6.02. The van der Waals surface area contributed by atoms with Crippen molar-refractivity contribution in [1.82, 2.24) is 9.97 Å². The molecule has 6 nitrogen and oxygen atoms in total. The van der Waals surface area contributed by atoms with Crippen LogP contribution in [0.5, 0.6) is 0 Å². The van der Waals surface area contributed by atoms with Crippen LogP contribution in [0, 0.1) is 11.6 Å². The van der Waals surface area contributed by atoms with Gasteiger partial charge in [0.05, 0.1) is 34.2 Å². The first kappa shape index (κ1) is 16.6. The number of carboxylic acids is 1. The van der Waals surface area contributed by atoms with Crippen molar-refractivity contribution in [1.29, 1.82) is 0 Å². The van der Waals surface area contributed by atoms with Gasteiger partial charge in [-0.15, -0.1) is 0 Å². The number of benzene rings is 2. The van der Waals surface area contributed by atoms with E-state index in [0.717, 1.165) is 12.1 Å². The second-order valence-corrected chi connectivity index (χ2v) is 5.67. The normalized spacial score (nSPS) is 10.9. The minimum Gasteiger partial charge on any atom is -0.478 e. The maximum atomic E-state index is 13.9. The molecule has 27 heavy (non-hydrogen) atoms. The minimum absolute atomic E-state index is 0.133. The number of pyridine rings is 1. The Kier molecular flexibility index (Phi) is 4.00. The number of fused-ring (bicyclic) bond motifs is 1. The molecule has 134 valence electrons. The molecule has 2 aromatic carbocycles. The molecule has 0 aliphatic carbocycles. The average Bonchev–Trinajstić information content (AvgIpc) is 3.17. The Balaban J connectivity index is 1.96. The molecule has 0 aliphatic rings. The van der Waals surface area contributed by atoms with Crippen LogP contribution in [0.2, 0.25) is 0 Å². The van der Waals surface area contributed by atoms with Gasteiger partial charge in [-0.25, -0.2) is 18.6 Å². The molecule has 2 N–H and O–H groups in total. The van der Waals surface area contributed by atoms with E-state index in [-0.39, 0.29) is 17.1 Å². The highest BCUT2D eigenvalue weighted by Crippen LogP contribution is 2.36. The van der Waals surface area contributed by atoms with E-state index >= 15 is 0 Å². The number of carbonyl (C=O) groups is 1. The molecule has 0 atom stereocenters. The lowest BCUT2D eigenvalue weighted by atomic mass is 10.1. The van der Waals surface area contributed by atoms with Gasteiger partial charge in [-0.3, -0.25) is 4.98 Å². The summed E-state index contributed by atoms with van der Waals surface area (Å²) >= 11 is 0. The lowest BCUT2D eigenvalue weighted by Gasteiger charge is -2.15. The first-order valence-corrected chi connectivity index (χ1v) is 7.81. The van der Waals surface area contributed by atoms with Crippen LogP contribution in [0.25, 0.3) is 22.4 Å². The van der Waals surface area contributed by atoms with E-state index in [9.17, 15) is 18.7 Å². The van der Waals surface area contributed by atoms with Crippen LogP contribution in [0.4, 0.5) is 20.2 Å². The van der Waals surface area contributed by atoms with Gasteiger partial charge in [-0.1, -0.05) is 0 Å². The third-order valence-electron chi connectivity index (χ3n) is 3.96. The lowest BCUT2D eigenvalue weighted by molar-refractivity contribution is 0.0697. The van der Waals surface area contributed by atoms with Gasteiger partial charge < -0.3 is 14.8 Å². The van der Waals surface area contributed by atoms with E-state index in [2.05, 4.69) is 15.3 Å². The number of aromatic carboxylic acids is 1. The molecule has 0 fully saturated rings. The van der Waals surface area contributed by atoms with Crippen LogP contribution in [0.1, 0.15) is 10.4 Å². The van der Waals surface area contributed by atoms with Crippen LogP contribution in [0.3, 0.4) is 0 Å². The van der Waals surface area contributed by atoms with Crippen molar-refractivity contribution in [2.24, 2.45) is 0 Å². The zero-order valence-electron chi connectivity index (χ0n) is 13.6. The second kappa shape index (κ2) is 6.49. The Labute approximate surface area is 151 Å². The maximum absolute atomic E-state index is 13.9. The smallest absolute Gasteiger partial charge is 0.337 e. The van der Waals surface area contributed by atoms with E-state index in [1.807, 2.05) is 0 Å². The zero-order valence-corrected chi connectivity index (χ0v) is 13.6. The van der Waals surface area contributed by atoms with E-state index in [1.54, 1.807) is 0 Å². The van der Waals surface area contributed by atoms with Crippen LogP contribution >= 0.6 is 0 Å². The van der Waals surface area contributed by atoms with Gasteiger partial charge in [0.15, 0.2) is 0 Å². The number of rotatable bonds is 4. The molecule has 0 saturated heterocycles. The highest BCUT2D eigenvalue weighted by atomic mass is 19.1. The largest absolute Gasteiger partial charge is 0.478 e. The lowest BCUT2D eigenvalue weighted by Crippen LogP contribution is -2.05. The summed E-state index contributed by atoms with van der Waals surface area (Å²) in [4.78, 5) is 19.8. The zero-order chi connectivity index (χ0) is 19.0. The predicted octanol–water partition coefficient (Wildman–Crippen LogP) is 4.61. The van der Waals surface area contributed by atoms with Gasteiger partial charge in [-0.05, 0) is 36.4 Å². The van der Waals surface area contributed by atoms with Crippen LogP contribution < -0.4 is 5.32 Å². The van der Waals surface area contributed by atoms with E-state index < -0.39 is 17.6 Å². The van der Waals surface area contributed by atoms with Gasteiger partial charge in [0, 0.05) is 11.6 Å². The molecule has 0 unspecified atom stereocenters. The van der Waals surface area contributed by atoms with Crippen LogP contribution in [-0.2, 0) is 0 Å². The van der Waals surface area contributed by atoms with E-state index in [4.69, 9.17) is 4.42 Å². The molecule has 2 heterocycles. The molecule has 0 saturated carbocycles. The summed E-state index contributed by atoms with van der Waals surface area (Å²) in [5.74, 6) is -2.26.